The Hall–Kier alpha value is -1.71. The summed E-state index contributed by atoms with van der Waals surface area (Å²) in [5.41, 5.74) is 1.49. The molecule has 1 aromatic carbocycles. The molecule has 0 aliphatic carbocycles. The van der Waals surface area contributed by atoms with Gasteiger partial charge in [0.05, 0.1) is 5.75 Å². The number of halogens is 1. The molecular formula is C19H20BrN5OS2. The van der Waals surface area contributed by atoms with E-state index in [2.05, 4.69) is 43.0 Å². The first kappa shape index (κ1) is 19.6. The number of carbonyl (C=O) groups excluding carboxylic acids is 1. The van der Waals surface area contributed by atoms with Gasteiger partial charge in [-0.05, 0) is 43.0 Å². The van der Waals surface area contributed by atoms with Crippen LogP contribution in [0, 0.1) is 5.92 Å². The molecule has 0 saturated carbocycles. The highest BCUT2D eigenvalue weighted by Crippen LogP contribution is 2.35. The smallest absolute Gasteiger partial charge is 0.234 e. The van der Waals surface area contributed by atoms with Crippen molar-refractivity contribution in [3.05, 3.63) is 35.1 Å². The van der Waals surface area contributed by atoms with Crippen molar-refractivity contribution in [1.29, 1.82) is 0 Å². The van der Waals surface area contributed by atoms with Crippen molar-refractivity contribution < 1.29 is 4.79 Å². The minimum Gasteiger partial charge on any atom is -0.348 e. The number of hydrogen-bond acceptors (Lipinski definition) is 7. The van der Waals surface area contributed by atoms with E-state index in [1.165, 1.54) is 30.9 Å². The third-order valence-corrected chi connectivity index (χ3v) is 7.43. The summed E-state index contributed by atoms with van der Waals surface area (Å²) >= 11 is 6.43. The van der Waals surface area contributed by atoms with Crippen LogP contribution in [0.5, 0.6) is 0 Å². The van der Waals surface area contributed by atoms with Crippen molar-refractivity contribution in [2.45, 2.75) is 24.8 Å². The second-order valence-corrected chi connectivity index (χ2v) is 9.70. The Morgan fingerprint density at radius 3 is 2.79 bits per heavy atom. The number of rotatable bonds is 5. The number of anilines is 2. The van der Waals surface area contributed by atoms with E-state index in [1.807, 2.05) is 24.3 Å². The lowest BCUT2D eigenvalue weighted by molar-refractivity contribution is -0.113. The second-order valence-electron chi connectivity index (χ2n) is 6.84. The van der Waals surface area contributed by atoms with Crippen molar-refractivity contribution in [2.75, 3.05) is 29.1 Å². The first-order valence-corrected chi connectivity index (χ1v) is 11.7. The van der Waals surface area contributed by atoms with E-state index in [-0.39, 0.29) is 11.7 Å². The fourth-order valence-corrected chi connectivity index (χ4v) is 5.23. The van der Waals surface area contributed by atoms with Crippen molar-refractivity contribution in [1.82, 2.24) is 15.0 Å². The van der Waals surface area contributed by atoms with Crippen molar-refractivity contribution >= 4 is 66.1 Å². The van der Waals surface area contributed by atoms with E-state index >= 15 is 0 Å². The Morgan fingerprint density at radius 2 is 2.04 bits per heavy atom. The summed E-state index contributed by atoms with van der Waals surface area (Å²) < 4.78 is 1.94. The molecule has 0 spiro atoms. The summed E-state index contributed by atoms with van der Waals surface area (Å²) in [5.74, 6) is 1.01. The van der Waals surface area contributed by atoms with Crippen LogP contribution < -0.4 is 10.2 Å². The molecular weight excluding hydrogens is 458 g/mol. The molecule has 0 unspecified atom stereocenters. The topological polar surface area (TPSA) is 71.0 Å². The number of nitrogens with one attached hydrogen (secondary N) is 1. The molecule has 1 amide bonds. The summed E-state index contributed by atoms with van der Waals surface area (Å²) in [4.78, 5) is 28.0. The van der Waals surface area contributed by atoms with E-state index < -0.39 is 0 Å². The van der Waals surface area contributed by atoms with Gasteiger partial charge in [-0.25, -0.2) is 9.97 Å². The quantitative estimate of drug-likeness (QED) is 0.419. The average molecular weight is 478 g/mol. The van der Waals surface area contributed by atoms with Crippen LogP contribution in [0.4, 0.5) is 10.8 Å². The van der Waals surface area contributed by atoms with E-state index in [4.69, 9.17) is 4.98 Å². The molecule has 28 heavy (non-hydrogen) atoms. The largest absolute Gasteiger partial charge is 0.348 e. The minimum atomic E-state index is -0.0613. The molecule has 0 radical (unpaired) electrons. The van der Waals surface area contributed by atoms with Gasteiger partial charge in [0.15, 0.2) is 10.8 Å². The average Bonchev–Trinajstić information content (AvgIpc) is 3.13. The van der Waals surface area contributed by atoms with Gasteiger partial charge in [-0.2, -0.15) is 4.98 Å². The Kier molecular flexibility index (Phi) is 6.13. The van der Waals surface area contributed by atoms with Gasteiger partial charge in [-0.1, -0.05) is 46.0 Å². The van der Waals surface area contributed by atoms with Crippen LogP contribution in [0.1, 0.15) is 19.8 Å². The summed E-state index contributed by atoms with van der Waals surface area (Å²) in [7, 11) is 0. The SMILES string of the molecule is CC1CCN(c2nc3ncnc(SCC(=O)Nc4ccc(Br)cc4)c3s2)CC1. The number of nitrogens with zero attached hydrogens (tertiary/aromatic N) is 4. The number of amides is 1. The van der Waals surface area contributed by atoms with Gasteiger partial charge in [0, 0.05) is 23.2 Å². The van der Waals surface area contributed by atoms with E-state index in [0.717, 1.165) is 44.0 Å². The number of thioether (sulfide) groups is 1. The maximum absolute atomic E-state index is 12.3. The number of piperidine rings is 1. The Balaban J connectivity index is 1.43. The van der Waals surface area contributed by atoms with E-state index in [0.29, 0.717) is 5.65 Å². The molecule has 4 rings (SSSR count). The second kappa shape index (κ2) is 8.75. The van der Waals surface area contributed by atoms with Gasteiger partial charge in [-0.15, -0.1) is 0 Å². The van der Waals surface area contributed by atoms with Gasteiger partial charge in [0.2, 0.25) is 5.91 Å². The predicted molar refractivity (Wildman–Crippen MR) is 119 cm³/mol. The van der Waals surface area contributed by atoms with Crippen LogP contribution in [0.3, 0.4) is 0 Å². The molecule has 0 bridgehead atoms. The summed E-state index contributed by atoms with van der Waals surface area (Å²) in [6, 6.07) is 7.53. The number of carbonyl (C=O) groups is 1. The lowest BCUT2D eigenvalue weighted by atomic mass is 10.00. The van der Waals surface area contributed by atoms with Gasteiger partial charge in [-0.3, -0.25) is 4.79 Å². The number of hydrogen-bond donors (Lipinski definition) is 1. The normalized spacial score (nSPS) is 15.1. The maximum atomic E-state index is 12.3. The molecule has 1 N–H and O–H groups in total. The Morgan fingerprint density at radius 1 is 1.29 bits per heavy atom. The third kappa shape index (κ3) is 4.64. The van der Waals surface area contributed by atoms with Crippen molar-refractivity contribution in [3.63, 3.8) is 0 Å². The first-order chi connectivity index (χ1) is 13.6. The first-order valence-electron chi connectivity index (χ1n) is 9.13. The zero-order chi connectivity index (χ0) is 19.5. The Labute approximate surface area is 180 Å². The van der Waals surface area contributed by atoms with Gasteiger partial charge >= 0.3 is 0 Å². The lowest BCUT2D eigenvalue weighted by Crippen LogP contribution is -2.32. The molecule has 2 aromatic heterocycles. The van der Waals surface area contributed by atoms with Crippen LogP contribution >= 0.6 is 39.0 Å². The van der Waals surface area contributed by atoms with Gasteiger partial charge in [0.1, 0.15) is 16.1 Å². The monoisotopic (exact) mass is 477 g/mol. The molecule has 3 heterocycles. The van der Waals surface area contributed by atoms with E-state index in [1.54, 1.807) is 11.3 Å². The molecule has 146 valence electrons. The van der Waals surface area contributed by atoms with Crippen LogP contribution in [-0.4, -0.2) is 39.7 Å². The van der Waals surface area contributed by atoms with Crippen LogP contribution in [0.2, 0.25) is 0 Å². The number of benzene rings is 1. The van der Waals surface area contributed by atoms with Crippen LogP contribution in [0.15, 0.2) is 40.1 Å². The lowest BCUT2D eigenvalue weighted by Gasteiger charge is -2.29. The van der Waals surface area contributed by atoms with Gasteiger partial charge in [0.25, 0.3) is 0 Å². The minimum absolute atomic E-state index is 0.0613. The van der Waals surface area contributed by atoms with Crippen molar-refractivity contribution in [3.8, 4) is 0 Å². The molecule has 9 heteroatoms. The van der Waals surface area contributed by atoms with Crippen LogP contribution in [-0.2, 0) is 4.79 Å². The van der Waals surface area contributed by atoms with E-state index in [9.17, 15) is 4.79 Å². The Bertz CT molecular complexity index is 970. The summed E-state index contributed by atoms with van der Waals surface area (Å²) in [6.07, 6.45) is 3.91. The molecule has 3 aromatic rings. The highest BCUT2D eigenvalue weighted by atomic mass is 79.9. The zero-order valence-electron chi connectivity index (χ0n) is 15.4. The van der Waals surface area contributed by atoms with Crippen LogP contribution in [0.25, 0.3) is 10.3 Å². The number of fused-ring (bicyclic) bond motifs is 1. The fourth-order valence-electron chi connectivity index (χ4n) is 3.02. The fraction of sp³-hybridized carbons (Fsp3) is 0.368. The highest BCUT2D eigenvalue weighted by Gasteiger charge is 2.20. The zero-order valence-corrected chi connectivity index (χ0v) is 18.6. The molecule has 0 atom stereocenters. The summed E-state index contributed by atoms with van der Waals surface area (Å²) in [5, 5.41) is 4.72. The summed E-state index contributed by atoms with van der Waals surface area (Å²) in [6.45, 7) is 4.37. The number of thiazole rings is 1. The molecule has 1 saturated heterocycles. The predicted octanol–water partition coefficient (Wildman–Crippen LogP) is 4.82. The number of aromatic nitrogens is 3. The standard InChI is InChI=1S/C19H20BrN5OS2/c1-12-6-8-25(9-7-12)19-24-17-16(28-19)18(22-11-21-17)27-10-15(26)23-14-4-2-13(20)3-5-14/h2-5,11-12H,6-10H2,1H3,(H,23,26). The third-order valence-electron chi connectivity index (χ3n) is 4.67. The molecule has 1 fully saturated rings. The molecule has 1 aliphatic heterocycles. The highest BCUT2D eigenvalue weighted by molar-refractivity contribution is 9.10. The molecule has 6 nitrogen and oxygen atoms in total. The van der Waals surface area contributed by atoms with Crippen molar-refractivity contribution in [2.24, 2.45) is 5.92 Å². The molecule has 1 aliphatic rings. The van der Waals surface area contributed by atoms with Gasteiger partial charge < -0.3 is 10.2 Å². The maximum Gasteiger partial charge on any atom is 0.234 e.